The first-order valence-electron chi connectivity index (χ1n) is 6.39. The Bertz CT molecular complexity index is 711. The molecule has 0 amide bonds. The second kappa shape index (κ2) is 4.50. The van der Waals surface area contributed by atoms with E-state index in [9.17, 15) is 0 Å². The molecule has 0 bridgehead atoms. The quantitative estimate of drug-likeness (QED) is 0.723. The van der Waals surface area contributed by atoms with E-state index >= 15 is 0 Å². The van der Waals surface area contributed by atoms with Crippen LogP contribution < -0.4 is 0 Å². The molecule has 0 radical (unpaired) electrons. The summed E-state index contributed by atoms with van der Waals surface area (Å²) in [6.07, 6.45) is 0. The van der Waals surface area contributed by atoms with Crippen LogP contribution >= 0.6 is 0 Å². The van der Waals surface area contributed by atoms with E-state index in [4.69, 9.17) is 4.52 Å². The molecule has 98 valence electrons. The Morgan fingerprint density at radius 3 is 2.74 bits per heavy atom. The molecule has 0 aliphatic heterocycles. The Morgan fingerprint density at radius 2 is 2.00 bits per heavy atom. The fourth-order valence-electron chi connectivity index (χ4n) is 2.10. The van der Waals surface area contributed by atoms with Crippen molar-refractivity contribution in [3.8, 4) is 0 Å². The zero-order valence-electron chi connectivity index (χ0n) is 11.3. The molecule has 2 aromatic heterocycles. The van der Waals surface area contributed by atoms with Crippen LogP contribution in [-0.2, 0) is 6.54 Å². The van der Waals surface area contributed by atoms with Crippen molar-refractivity contribution in [2.24, 2.45) is 0 Å². The van der Waals surface area contributed by atoms with Gasteiger partial charge in [0.1, 0.15) is 12.4 Å². The Balaban J connectivity index is 1.98. The van der Waals surface area contributed by atoms with Crippen molar-refractivity contribution >= 4 is 11.0 Å². The molecule has 5 heteroatoms. The van der Waals surface area contributed by atoms with Gasteiger partial charge in [0, 0.05) is 5.92 Å². The molecule has 0 aliphatic carbocycles. The van der Waals surface area contributed by atoms with Gasteiger partial charge < -0.3 is 9.09 Å². The van der Waals surface area contributed by atoms with Gasteiger partial charge in [0.25, 0.3) is 0 Å². The summed E-state index contributed by atoms with van der Waals surface area (Å²) >= 11 is 0. The first-order chi connectivity index (χ1) is 9.15. The van der Waals surface area contributed by atoms with E-state index in [1.54, 1.807) is 0 Å². The maximum Gasteiger partial charge on any atom is 0.246 e. The summed E-state index contributed by atoms with van der Waals surface area (Å²) < 4.78 is 7.38. The average molecular weight is 256 g/mol. The molecular formula is C14H16N4O. The zero-order chi connectivity index (χ0) is 13.4. The molecule has 0 aliphatic rings. The maximum absolute atomic E-state index is 5.29. The highest BCUT2D eigenvalue weighted by atomic mass is 16.5. The fraction of sp³-hybridized carbons (Fsp3) is 0.357. The Morgan fingerprint density at radius 1 is 1.21 bits per heavy atom. The van der Waals surface area contributed by atoms with Crippen molar-refractivity contribution in [1.29, 1.82) is 0 Å². The monoisotopic (exact) mass is 256 g/mol. The van der Waals surface area contributed by atoms with Crippen LogP contribution in [0, 0.1) is 6.92 Å². The van der Waals surface area contributed by atoms with Crippen LogP contribution in [0.25, 0.3) is 11.0 Å². The number of imidazole rings is 1. The van der Waals surface area contributed by atoms with E-state index in [1.165, 1.54) is 0 Å². The molecule has 0 saturated carbocycles. The lowest BCUT2D eigenvalue weighted by atomic mass is 10.2. The largest absolute Gasteiger partial charge is 0.337 e. The third-order valence-corrected chi connectivity index (χ3v) is 3.14. The minimum absolute atomic E-state index is 0.276. The molecule has 0 saturated heterocycles. The summed E-state index contributed by atoms with van der Waals surface area (Å²) in [6, 6.07) is 8.05. The van der Waals surface area contributed by atoms with Crippen LogP contribution in [0.1, 0.15) is 37.3 Å². The highest BCUT2D eigenvalue weighted by Crippen LogP contribution is 2.17. The van der Waals surface area contributed by atoms with Crippen LogP contribution in [0.3, 0.4) is 0 Å². The first-order valence-corrected chi connectivity index (χ1v) is 6.39. The summed E-state index contributed by atoms with van der Waals surface area (Å²) in [5.74, 6) is 2.59. The first kappa shape index (κ1) is 11.9. The minimum Gasteiger partial charge on any atom is -0.337 e. The van der Waals surface area contributed by atoms with Crippen LogP contribution in [0.5, 0.6) is 0 Å². The van der Waals surface area contributed by atoms with Gasteiger partial charge in [-0.1, -0.05) is 31.1 Å². The lowest BCUT2D eigenvalue weighted by molar-refractivity contribution is 0.365. The molecule has 0 unspecified atom stereocenters. The number of benzene rings is 1. The Labute approximate surface area is 111 Å². The van der Waals surface area contributed by atoms with Gasteiger partial charge in [0.05, 0.1) is 11.0 Å². The number of aromatic nitrogens is 4. The predicted octanol–water partition coefficient (Wildman–Crippen LogP) is 2.90. The number of hydrogen-bond donors (Lipinski definition) is 0. The van der Waals surface area contributed by atoms with Crippen LogP contribution in [0.15, 0.2) is 28.8 Å². The maximum atomic E-state index is 5.29. The second-order valence-electron chi connectivity index (χ2n) is 4.93. The SMILES string of the molecule is Cc1nc2ccccc2n1Cc1nc(C(C)C)no1. The number of fused-ring (bicyclic) bond motifs is 1. The summed E-state index contributed by atoms with van der Waals surface area (Å²) in [6.45, 7) is 6.64. The van der Waals surface area contributed by atoms with Gasteiger partial charge in [-0.2, -0.15) is 4.98 Å². The normalized spacial score (nSPS) is 11.6. The van der Waals surface area contributed by atoms with Gasteiger partial charge in [0.2, 0.25) is 5.89 Å². The van der Waals surface area contributed by atoms with Crippen LogP contribution in [-0.4, -0.2) is 19.7 Å². The van der Waals surface area contributed by atoms with Gasteiger partial charge in [-0.05, 0) is 19.1 Å². The van der Waals surface area contributed by atoms with E-state index < -0.39 is 0 Å². The molecule has 3 rings (SSSR count). The number of aryl methyl sites for hydroxylation is 1. The molecule has 0 atom stereocenters. The summed E-state index contributed by atoms with van der Waals surface area (Å²) in [7, 11) is 0. The summed E-state index contributed by atoms with van der Waals surface area (Å²) in [4.78, 5) is 8.93. The van der Waals surface area contributed by atoms with Crippen molar-refractivity contribution in [3.05, 3.63) is 41.8 Å². The van der Waals surface area contributed by atoms with Crippen molar-refractivity contribution in [1.82, 2.24) is 19.7 Å². The highest BCUT2D eigenvalue weighted by molar-refractivity contribution is 5.75. The fourth-order valence-corrected chi connectivity index (χ4v) is 2.10. The second-order valence-corrected chi connectivity index (χ2v) is 4.93. The molecule has 3 aromatic rings. The molecule has 5 nitrogen and oxygen atoms in total. The number of para-hydroxylation sites is 2. The smallest absolute Gasteiger partial charge is 0.246 e. The van der Waals surface area contributed by atoms with Crippen molar-refractivity contribution < 1.29 is 4.52 Å². The Hall–Kier alpha value is -2.17. The van der Waals surface area contributed by atoms with Crippen molar-refractivity contribution in [3.63, 3.8) is 0 Å². The van der Waals surface area contributed by atoms with Gasteiger partial charge >= 0.3 is 0 Å². The number of rotatable bonds is 3. The molecule has 0 N–H and O–H groups in total. The lowest BCUT2D eigenvalue weighted by Crippen LogP contribution is -2.02. The van der Waals surface area contributed by atoms with Crippen LogP contribution in [0.4, 0.5) is 0 Å². The van der Waals surface area contributed by atoms with Gasteiger partial charge in [0.15, 0.2) is 5.82 Å². The Kier molecular flexibility index (Phi) is 2.81. The van der Waals surface area contributed by atoms with E-state index in [0.29, 0.717) is 12.4 Å². The molecule has 19 heavy (non-hydrogen) atoms. The van der Waals surface area contributed by atoms with Gasteiger partial charge in [-0.25, -0.2) is 4.98 Å². The van der Waals surface area contributed by atoms with Gasteiger partial charge in [-0.3, -0.25) is 0 Å². The molecular weight excluding hydrogens is 240 g/mol. The van der Waals surface area contributed by atoms with E-state index in [0.717, 1.165) is 22.7 Å². The summed E-state index contributed by atoms with van der Waals surface area (Å²) in [5.41, 5.74) is 2.08. The van der Waals surface area contributed by atoms with Crippen LogP contribution in [0.2, 0.25) is 0 Å². The molecule has 1 aromatic carbocycles. The van der Waals surface area contributed by atoms with E-state index in [1.807, 2.05) is 39.0 Å². The predicted molar refractivity (Wildman–Crippen MR) is 72.0 cm³/mol. The van der Waals surface area contributed by atoms with Crippen molar-refractivity contribution in [2.45, 2.75) is 33.2 Å². The third-order valence-electron chi connectivity index (χ3n) is 3.14. The standard InChI is InChI=1S/C14H16N4O/c1-9(2)14-16-13(19-17-14)8-18-10(3)15-11-6-4-5-7-12(11)18/h4-7,9H,8H2,1-3H3. The summed E-state index contributed by atoms with van der Waals surface area (Å²) in [5, 5.41) is 3.99. The third kappa shape index (κ3) is 2.12. The highest BCUT2D eigenvalue weighted by Gasteiger charge is 2.13. The molecule has 0 spiro atoms. The topological polar surface area (TPSA) is 56.7 Å². The molecule has 2 heterocycles. The van der Waals surface area contributed by atoms with Crippen molar-refractivity contribution in [2.75, 3.05) is 0 Å². The average Bonchev–Trinajstić information content (AvgIpc) is 2.96. The molecule has 0 fully saturated rings. The zero-order valence-corrected chi connectivity index (χ0v) is 11.3. The lowest BCUT2D eigenvalue weighted by Gasteiger charge is -2.02. The number of nitrogens with zero attached hydrogens (tertiary/aromatic N) is 4. The number of hydrogen-bond acceptors (Lipinski definition) is 4. The minimum atomic E-state index is 0.276. The van der Waals surface area contributed by atoms with Gasteiger partial charge in [-0.15, -0.1) is 0 Å². The van der Waals surface area contributed by atoms with E-state index in [2.05, 4.69) is 25.8 Å². The van der Waals surface area contributed by atoms with E-state index in [-0.39, 0.29) is 5.92 Å².